The van der Waals surface area contributed by atoms with E-state index in [2.05, 4.69) is 5.32 Å². The summed E-state index contributed by atoms with van der Waals surface area (Å²) in [5.74, 6) is -2.66. The number of hydrogen-bond acceptors (Lipinski definition) is 4. The molecule has 1 amide bonds. The summed E-state index contributed by atoms with van der Waals surface area (Å²) in [6.07, 6.45) is -4.64. The van der Waals surface area contributed by atoms with Gasteiger partial charge in [-0.15, -0.1) is 0 Å². The Morgan fingerprint density at radius 3 is 2.28 bits per heavy atom. The molecule has 1 saturated heterocycles. The number of anilines is 1. The number of alkyl halides is 3. The minimum Gasteiger partial charge on any atom is -0.324 e. The van der Waals surface area contributed by atoms with Crippen molar-refractivity contribution in [3.8, 4) is 0 Å². The Morgan fingerprint density at radius 1 is 1.03 bits per heavy atom. The van der Waals surface area contributed by atoms with E-state index >= 15 is 0 Å². The SMILES string of the molecule is CC(C(=O)Nc1ccccc1C(F)(F)F)N1CCN(S(=O)(=O)c2cc(F)ccc2F)CC1. The molecule has 32 heavy (non-hydrogen) atoms. The van der Waals surface area contributed by atoms with Gasteiger partial charge >= 0.3 is 6.18 Å². The van der Waals surface area contributed by atoms with Crippen LogP contribution in [0, 0.1) is 11.6 Å². The number of amides is 1. The van der Waals surface area contributed by atoms with Crippen molar-refractivity contribution in [1.82, 2.24) is 9.21 Å². The van der Waals surface area contributed by atoms with Gasteiger partial charge in [0.15, 0.2) is 0 Å². The molecule has 2 aromatic carbocycles. The molecule has 1 aliphatic rings. The molecule has 1 N–H and O–H groups in total. The third-order valence-electron chi connectivity index (χ3n) is 5.20. The van der Waals surface area contributed by atoms with Crippen LogP contribution in [0.4, 0.5) is 27.6 Å². The van der Waals surface area contributed by atoms with Crippen molar-refractivity contribution in [2.24, 2.45) is 0 Å². The van der Waals surface area contributed by atoms with E-state index in [1.54, 1.807) is 4.90 Å². The number of nitrogens with one attached hydrogen (secondary N) is 1. The lowest BCUT2D eigenvalue weighted by Crippen LogP contribution is -2.54. The van der Waals surface area contributed by atoms with Gasteiger partial charge in [-0.3, -0.25) is 9.69 Å². The molecule has 1 heterocycles. The molecule has 1 unspecified atom stereocenters. The average Bonchev–Trinajstić information content (AvgIpc) is 2.74. The fourth-order valence-corrected chi connectivity index (χ4v) is 4.89. The van der Waals surface area contributed by atoms with Crippen LogP contribution in [-0.2, 0) is 21.0 Å². The molecule has 174 valence electrons. The Hall–Kier alpha value is -2.57. The smallest absolute Gasteiger partial charge is 0.324 e. The van der Waals surface area contributed by atoms with Crippen LogP contribution in [0.15, 0.2) is 47.4 Å². The molecule has 1 aliphatic heterocycles. The number of carbonyl (C=O) groups excluding carboxylic acids is 1. The molecule has 2 aromatic rings. The van der Waals surface area contributed by atoms with Crippen LogP contribution in [0.3, 0.4) is 0 Å². The second-order valence-corrected chi connectivity index (χ2v) is 9.13. The maximum Gasteiger partial charge on any atom is 0.418 e. The summed E-state index contributed by atoms with van der Waals surface area (Å²) in [7, 11) is -4.29. The summed E-state index contributed by atoms with van der Waals surface area (Å²) in [5.41, 5.74) is -1.35. The summed E-state index contributed by atoms with van der Waals surface area (Å²) >= 11 is 0. The van der Waals surface area contributed by atoms with Crippen LogP contribution < -0.4 is 5.32 Å². The molecule has 1 fully saturated rings. The van der Waals surface area contributed by atoms with Gasteiger partial charge in [0.2, 0.25) is 15.9 Å². The van der Waals surface area contributed by atoms with Gasteiger partial charge in [0, 0.05) is 26.2 Å². The molecule has 3 rings (SSSR count). The van der Waals surface area contributed by atoms with Crippen LogP contribution >= 0.6 is 0 Å². The number of hydrogen-bond donors (Lipinski definition) is 1. The normalized spacial score (nSPS) is 17.2. The van der Waals surface area contributed by atoms with Crippen molar-refractivity contribution in [1.29, 1.82) is 0 Å². The Kier molecular flexibility index (Phi) is 6.86. The van der Waals surface area contributed by atoms with Gasteiger partial charge < -0.3 is 5.32 Å². The van der Waals surface area contributed by atoms with E-state index in [0.29, 0.717) is 6.07 Å². The summed E-state index contributed by atoms with van der Waals surface area (Å²) < 4.78 is 93.0. The van der Waals surface area contributed by atoms with Crippen LogP contribution in [0.25, 0.3) is 0 Å². The molecule has 0 aliphatic carbocycles. The van der Waals surface area contributed by atoms with E-state index in [4.69, 9.17) is 0 Å². The number of para-hydroxylation sites is 1. The lowest BCUT2D eigenvalue weighted by Gasteiger charge is -2.36. The highest BCUT2D eigenvalue weighted by Gasteiger charge is 2.36. The van der Waals surface area contributed by atoms with Crippen molar-refractivity contribution in [2.45, 2.75) is 24.0 Å². The van der Waals surface area contributed by atoms with Crippen molar-refractivity contribution in [2.75, 3.05) is 31.5 Å². The number of sulfonamides is 1. The molecular formula is C20H20F5N3O3S. The second kappa shape index (κ2) is 9.12. The third-order valence-corrected chi connectivity index (χ3v) is 7.12. The van der Waals surface area contributed by atoms with E-state index in [9.17, 15) is 35.2 Å². The zero-order chi connectivity index (χ0) is 23.7. The quantitative estimate of drug-likeness (QED) is 0.671. The van der Waals surface area contributed by atoms with Crippen LogP contribution in [0.1, 0.15) is 12.5 Å². The number of benzene rings is 2. The topological polar surface area (TPSA) is 69.7 Å². The van der Waals surface area contributed by atoms with Gasteiger partial charge in [-0.25, -0.2) is 17.2 Å². The fourth-order valence-electron chi connectivity index (χ4n) is 3.39. The van der Waals surface area contributed by atoms with E-state index < -0.39 is 50.2 Å². The van der Waals surface area contributed by atoms with Gasteiger partial charge in [-0.1, -0.05) is 12.1 Å². The first-order valence-corrected chi connectivity index (χ1v) is 11.0. The molecule has 0 radical (unpaired) electrons. The second-order valence-electron chi connectivity index (χ2n) is 7.22. The Labute approximate surface area is 181 Å². The summed E-state index contributed by atoms with van der Waals surface area (Å²) in [4.78, 5) is 13.3. The van der Waals surface area contributed by atoms with Gasteiger partial charge in [-0.05, 0) is 37.3 Å². The standard InChI is InChI=1S/C20H20F5N3O3S/c1-13(19(29)26-17-5-3-2-4-15(17)20(23,24)25)27-8-10-28(11-9-27)32(30,31)18-12-14(21)6-7-16(18)22/h2-7,12-13H,8-11H2,1H3,(H,26,29). The minimum atomic E-state index is -4.64. The highest BCUT2D eigenvalue weighted by atomic mass is 32.2. The first kappa shape index (κ1) is 24.1. The zero-order valence-electron chi connectivity index (χ0n) is 16.9. The van der Waals surface area contributed by atoms with E-state index in [1.807, 2.05) is 0 Å². The third kappa shape index (κ3) is 5.08. The maximum atomic E-state index is 13.9. The molecule has 1 atom stereocenters. The fraction of sp³-hybridized carbons (Fsp3) is 0.350. The number of halogens is 5. The van der Waals surface area contributed by atoms with Crippen LogP contribution in [-0.4, -0.2) is 55.8 Å². The Balaban J connectivity index is 1.66. The van der Waals surface area contributed by atoms with E-state index in [1.165, 1.54) is 19.1 Å². The predicted molar refractivity (Wildman–Crippen MR) is 106 cm³/mol. The van der Waals surface area contributed by atoms with Gasteiger partial charge in [0.25, 0.3) is 0 Å². The minimum absolute atomic E-state index is 0.0751. The van der Waals surface area contributed by atoms with Crippen LogP contribution in [0.5, 0.6) is 0 Å². The average molecular weight is 477 g/mol. The number of nitrogens with zero attached hydrogens (tertiary/aromatic N) is 2. The molecule has 0 spiro atoms. The van der Waals surface area contributed by atoms with E-state index in [-0.39, 0.29) is 31.9 Å². The first-order chi connectivity index (χ1) is 14.9. The molecule has 6 nitrogen and oxygen atoms in total. The number of rotatable bonds is 5. The Bertz CT molecular complexity index is 1100. The monoisotopic (exact) mass is 477 g/mol. The van der Waals surface area contributed by atoms with Crippen molar-refractivity contribution >= 4 is 21.6 Å². The molecule has 12 heteroatoms. The Morgan fingerprint density at radius 2 is 1.66 bits per heavy atom. The van der Waals surface area contributed by atoms with Crippen molar-refractivity contribution in [3.05, 3.63) is 59.7 Å². The highest BCUT2D eigenvalue weighted by molar-refractivity contribution is 7.89. The molecular weight excluding hydrogens is 457 g/mol. The number of carbonyl (C=O) groups is 1. The summed E-state index contributed by atoms with van der Waals surface area (Å²) in [6.45, 7) is 1.43. The summed E-state index contributed by atoms with van der Waals surface area (Å²) in [5, 5.41) is 2.27. The number of piperazine rings is 1. The van der Waals surface area contributed by atoms with Crippen LogP contribution in [0.2, 0.25) is 0 Å². The molecule has 0 saturated carbocycles. The maximum absolute atomic E-state index is 13.9. The van der Waals surface area contributed by atoms with Gasteiger partial charge in [0.05, 0.1) is 17.3 Å². The van der Waals surface area contributed by atoms with E-state index in [0.717, 1.165) is 28.6 Å². The van der Waals surface area contributed by atoms with Gasteiger partial charge in [0.1, 0.15) is 16.5 Å². The first-order valence-electron chi connectivity index (χ1n) is 9.57. The lowest BCUT2D eigenvalue weighted by atomic mass is 10.1. The van der Waals surface area contributed by atoms with Gasteiger partial charge in [-0.2, -0.15) is 17.5 Å². The lowest BCUT2D eigenvalue weighted by molar-refractivity contribution is -0.137. The molecule has 0 aromatic heterocycles. The largest absolute Gasteiger partial charge is 0.418 e. The zero-order valence-corrected chi connectivity index (χ0v) is 17.7. The van der Waals surface area contributed by atoms with Crippen molar-refractivity contribution in [3.63, 3.8) is 0 Å². The highest BCUT2D eigenvalue weighted by Crippen LogP contribution is 2.34. The van der Waals surface area contributed by atoms with Crippen molar-refractivity contribution < 1.29 is 35.2 Å². The molecule has 0 bridgehead atoms. The summed E-state index contributed by atoms with van der Waals surface area (Å²) in [6, 6.07) is 5.86. The predicted octanol–water partition coefficient (Wildman–Crippen LogP) is 3.32.